The van der Waals surface area contributed by atoms with E-state index in [9.17, 15) is 4.79 Å². The summed E-state index contributed by atoms with van der Waals surface area (Å²) in [7, 11) is 0. The molecule has 96 valence electrons. The second-order valence-corrected chi connectivity index (χ2v) is 5.90. The smallest absolute Gasteiger partial charge is 0.407 e. The van der Waals surface area contributed by atoms with Crippen LogP contribution < -0.4 is 5.32 Å². The Morgan fingerprint density at radius 3 is 2.82 bits per heavy atom. The van der Waals surface area contributed by atoms with Gasteiger partial charge in [0.15, 0.2) is 0 Å². The van der Waals surface area contributed by atoms with E-state index >= 15 is 0 Å². The molecule has 0 aliphatic heterocycles. The molecule has 0 bridgehead atoms. The molecule has 6 heteroatoms. The monoisotopic (exact) mass is 276 g/mol. The third-order valence-electron chi connectivity index (χ3n) is 1.84. The van der Waals surface area contributed by atoms with Crippen LogP contribution in [-0.4, -0.2) is 23.2 Å². The van der Waals surface area contributed by atoms with Gasteiger partial charge in [0.25, 0.3) is 0 Å². The predicted octanol–water partition coefficient (Wildman–Crippen LogP) is 3.25. The number of thiazole rings is 1. The van der Waals surface area contributed by atoms with Crippen molar-refractivity contribution in [2.45, 2.75) is 39.2 Å². The molecule has 1 aromatic rings. The lowest BCUT2D eigenvalue weighted by Crippen LogP contribution is -2.33. The molecule has 4 nitrogen and oxygen atoms in total. The Kier molecular flexibility index (Phi) is 5.21. The number of amides is 1. The van der Waals surface area contributed by atoms with E-state index in [1.54, 1.807) is 5.51 Å². The Hall–Kier alpha value is -0.810. The first-order valence-corrected chi connectivity index (χ1v) is 6.69. The van der Waals surface area contributed by atoms with Gasteiger partial charge in [-0.05, 0) is 33.6 Å². The summed E-state index contributed by atoms with van der Waals surface area (Å²) in [6.07, 6.45) is 1.26. The Morgan fingerprint density at radius 2 is 2.29 bits per heavy atom. The number of rotatable bonds is 4. The predicted molar refractivity (Wildman–Crippen MR) is 69.7 cm³/mol. The maximum atomic E-state index is 11.3. The zero-order valence-electron chi connectivity index (χ0n) is 10.2. The van der Waals surface area contributed by atoms with Crippen LogP contribution in [0.2, 0.25) is 5.15 Å². The van der Waals surface area contributed by atoms with Gasteiger partial charge in [-0.25, -0.2) is 9.78 Å². The number of aryl methyl sites for hydroxylation is 1. The van der Waals surface area contributed by atoms with Gasteiger partial charge in [-0.1, -0.05) is 11.6 Å². The summed E-state index contributed by atoms with van der Waals surface area (Å²) in [6.45, 7) is 6.08. The fourth-order valence-electron chi connectivity index (χ4n) is 1.17. The number of carbonyl (C=O) groups excluding carboxylic acids is 1. The van der Waals surface area contributed by atoms with E-state index in [0.717, 1.165) is 17.7 Å². The lowest BCUT2D eigenvalue weighted by molar-refractivity contribution is 0.0527. The van der Waals surface area contributed by atoms with Crippen molar-refractivity contribution < 1.29 is 9.53 Å². The van der Waals surface area contributed by atoms with Gasteiger partial charge in [0.2, 0.25) is 0 Å². The Labute approximate surface area is 110 Å². The van der Waals surface area contributed by atoms with Gasteiger partial charge >= 0.3 is 6.09 Å². The number of aromatic nitrogens is 1. The SMILES string of the molecule is CC(C)(C)OC(=O)NCCCc1scnc1Cl. The summed E-state index contributed by atoms with van der Waals surface area (Å²) in [5.74, 6) is 0. The number of alkyl carbamates (subject to hydrolysis) is 1. The molecular formula is C11H17ClN2O2S. The molecule has 0 fully saturated rings. The molecule has 0 aliphatic carbocycles. The standard InChI is InChI=1S/C11H17ClN2O2S/c1-11(2,3)16-10(15)13-6-4-5-8-9(12)14-7-17-8/h7H,4-6H2,1-3H3,(H,13,15). The van der Waals surface area contributed by atoms with Crippen LogP contribution in [0.1, 0.15) is 32.1 Å². The molecule has 0 atom stereocenters. The maximum absolute atomic E-state index is 11.3. The van der Waals surface area contributed by atoms with Crippen LogP contribution in [0.3, 0.4) is 0 Å². The molecule has 0 aliphatic rings. The maximum Gasteiger partial charge on any atom is 0.407 e. The van der Waals surface area contributed by atoms with Crippen LogP contribution >= 0.6 is 22.9 Å². The third kappa shape index (κ3) is 5.89. The quantitative estimate of drug-likeness (QED) is 0.859. The molecule has 0 saturated carbocycles. The van der Waals surface area contributed by atoms with Crippen LogP contribution in [0.25, 0.3) is 0 Å². The first kappa shape index (κ1) is 14.3. The summed E-state index contributed by atoms with van der Waals surface area (Å²) < 4.78 is 5.11. The molecule has 1 amide bonds. The van der Waals surface area contributed by atoms with Crippen LogP contribution in [0, 0.1) is 0 Å². The fourth-order valence-corrected chi connectivity index (χ4v) is 2.20. The van der Waals surface area contributed by atoms with Crippen molar-refractivity contribution >= 4 is 29.0 Å². The van der Waals surface area contributed by atoms with Gasteiger partial charge in [-0.3, -0.25) is 0 Å². The molecule has 0 saturated heterocycles. The van der Waals surface area contributed by atoms with Gasteiger partial charge in [0, 0.05) is 11.4 Å². The highest BCUT2D eigenvalue weighted by Crippen LogP contribution is 2.19. The van der Waals surface area contributed by atoms with Crippen molar-refractivity contribution in [2.24, 2.45) is 0 Å². The number of hydrogen-bond donors (Lipinski definition) is 1. The number of nitrogens with zero attached hydrogens (tertiary/aromatic N) is 1. The molecule has 0 aromatic carbocycles. The molecule has 1 aromatic heterocycles. The van der Waals surface area contributed by atoms with Gasteiger partial charge in [0.05, 0.1) is 5.51 Å². The summed E-state index contributed by atoms with van der Waals surface area (Å²) in [5, 5.41) is 3.26. The fraction of sp³-hybridized carbons (Fsp3) is 0.636. The lowest BCUT2D eigenvalue weighted by atomic mass is 10.2. The van der Waals surface area contributed by atoms with Gasteiger partial charge in [-0.15, -0.1) is 11.3 Å². The molecule has 1 heterocycles. The van der Waals surface area contributed by atoms with Gasteiger partial charge in [0.1, 0.15) is 10.8 Å². The van der Waals surface area contributed by atoms with Crippen molar-refractivity contribution in [3.63, 3.8) is 0 Å². The first-order valence-electron chi connectivity index (χ1n) is 5.43. The van der Waals surface area contributed by atoms with Crippen molar-refractivity contribution in [1.82, 2.24) is 10.3 Å². The van der Waals surface area contributed by atoms with E-state index < -0.39 is 5.60 Å². The molecule has 0 spiro atoms. The van der Waals surface area contributed by atoms with Crippen LogP contribution in [0.4, 0.5) is 4.79 Å². The molecular weight excluding hydrogens is 260 g/mol. The number of ether oxygens (including phenoxy) is 1. The average Bonchev–Trinajstić information content (AvgIpc) is 2.56. The zero-order chi connectivity index (χ0) is 12.9. The largest absolute Gasteiger partial charge is 0.444 e. The van der Waals surface area contributed by atoms with Crippen molar-refractivity contribution in [3.8, 4) is 0 Å². The second-order valence-electron chi connectivity index (χ2n) is 4.60. The van der Waals surface area contributed by atoms with E-state index in [1.165, 1.54) is 11.3 Å². The van der Waals surface area contributed by atoms with E-state index in [2.05, 4.69) is 10.3 Å². The van der Waals surface area contributed by atoms with E-state index in [4.69, 9.17) is 16.3 Å². The van der Waals surface area contributed by atoms with E-state index in [0.29, 0.717) is 11.7 Å². The van der Waals surface area contributed by atoms with Gasteiger partial charge in [-0.2, -0.15) is 0 Å². The number of halogens is 1. The summed E-state index contributed by atoms with van der Waals surface area (Å²) in [5.41, 5.74) is 1.27. The van der Waals surface area contributed by atoms with E-state index in [-0.39, 0.29) is 6.09 Å². The van der Waals surface area contributed by atoms with Crippen LogP contribution in [-0.2, 0) is 11.2 Å². The molecule has 1 N–H and O–H groups in total. The highest BCUT2D eigenvalue weighted by molar-refractivity contribution is 7.10. The average molecular weight is 277 g/mol. The first-order chi connectivity index (χ1) is 7.88. The van der Waals surface area contributed by atoms with Crippen LogP contribution in [0.15, 0.2) is 5.51 Å². The van der Waals surface area contributed by atoms with Crippen molar-refractivity contribution in [1.29, 1.82) is 0 Å². The zero-order valence-corrected chi connectivity index (χ0v) is 11.8. The topological polar surface area (TPSA) is 51.2 Å². The summed E-state index contributed by atoms with van der Waals surface area (Å²) in [4.78, 5) is 16.3. The molecule has 0 radical (unpaired) electrons. The number of hydrogen-bond acceptors (Lipinski definition) is 4. The number of nitrogens with one attached hydrogen (secondary N) is 1. The summed E-state index contributed by atoms with van der Waals surface area (Å²) >= 11 is 7.39. The third-order valence-corrected chi connectivity index (χ3v) is 3.17. The summed E-state index contributed by atoms with van der Waals surface area (Å²) in [6, 6.07) is 0. The Morgan fingerprint density at radius 1 is 1.59 bits per heavy atom. The minimum absolute atomic E-state index is 0.382. The van der Waals surface area contributed by atoms with Gasteiger partial charge < -0.3 is 10.1 Å². The molecule has 1 rings (SSSR count). The Balaban J connectivity index is 2.17. The highest BCUT2D eigenvalue weighted by atomic mass is 35.5. The second kappa shape index (κ2) is 6.21. The molecule has 17 heavy (non-hydrogen) atoms. The number of carbonyl (C=O) groups is 1. The Bertz CT molecular complexity index is 374. The minimum atomic E-state index is -0.453. The van der Waals surface area contributed by atoms with Crippen LogP contribution in [0.5, 0.6) is 0 Å². The highest BCUT2D eigenvalue weighted by Gasteiger charge is 2.15. The van der Waals surface area contributed by atoms with E-state index in [1.807, 2.05) is 20.8 Å². The van der Waals surface area contributed by atoms with Crippen molar-refractivity contribution in [3.05, 3.63) is 15.5 Å². The van der Waals surface area contributed by atoms with Crippen molar-refractivity contribution in [2.75, 3.05) is 6.54 Å². The lowest BCUT2D eigenvalue weighted by Gasteiger charge is -2.19. The normalized spacial score (nSPS) is 11.3. The minimum Gasteiger partial charge on any atom is -0.444 e. The molecule has 0 unspecified atom stereocenters.